The van der Waals surface area contributed by atoms with Crippen molar-refractivity contribution in [3.05, 3.63) is 45.5 Å². The Morgan fingerprint density at radius 1 is 1.40 bits per heavy atom. The molecule has 0 fully saturated rings. The lowest BCUT2D eigenvalue weighted by atomic mass is 10.2. The molecule has 3 rings (SSSR count). The Bertz CT molecular complexity index is 810. The topological polar surface area (TPSA) is 54.6 Å². The Morgan fingerprint density at radius 2 is 2.20 bits per heavy atom. The van der Waals surface area contributed by atoms with Gasteiger partial charge in [-0.3, -0.25) is 9.20 Å². The largest absolute Gasteiger partial charge is 0.481 e. The molecule has 0 bridgehead atoms. The summed E-state index contributed by atoms with van der Waals surface area (Å²) in [6.45, 7) is 0. The summed E-state index contributed by atoms with van der Waals surface area (Å²) in [6, 6.07) is 5.20. The number of carboxylic acids is 1. The molecular formula is C13H8Cl2N2O2S. The van der Waals surface area contributed by atoms with Crippen molar-refractivity contribution in [2.24, 2.45) is 0 Å². The van der Waals surface area contributed by atoms with E-state index in [0.29, 0.717) is 21.4 Å². The molecule has 3 aromatic rings. The second-order valence-corrected chi connectivity index (χ2v) is 5.88. The van der Waals surface area contributed by atoms with Gasteiger partial charge in [0.05, 0.1) is 17.1 Å². The van der Waals surface area contributed by atoms with Gasteiger partial charge in [-0.15, -0.1) is 11.3 Å². The highest BCUT2D eigenvalue weighted by Gasteiger charge is 2.13. The number of rotatable bonds is 3. The number of hydrogen-bond acceptors (Lipinski definition) is 3. The van der Waals surface area contributed by atoms with Gasteiger partial charge in [0.2, 0.25) is 0 Å². The van der Waals surface area contributed by atoms with Crippen molar-refractivity contribution >= 4 is 45.5 Å². The number of fused-ring (bicyclic) bond motifs is 1. The lowest BCUT2D eigenvalue weighted by Gasteiger charge is -2.00. The van der Waals surface area contributed by atoms with Gasteiger partial charge in [0, 0.05) is 27.9 Å². The molecule has 7 heteroatoms. The molecule has 2 heterocycles. The minimum absolute atomic E-state index is 0.0375. The molecule has 102 valence electrons. The zero-order chi connectivity index (χ0) is 14.3. The lowest BCUT2D eigenvalue weighted by molar-refractivity contribution is -0.136. The lowest BCUT2D eigenvalue weighted by Crippen LogP contribution is -2.02. The van der Waals surface area contributed by atoms with Crippen LogP contribution in [0.15, 0.2) is 29.8 Å². The van der Waals surface area contributed by atoms with Gasteiger partial charge in [0.15, 0.2) is 4.96 Å². The van der Waals surface area contributed by atoms with E-state index in [1.807, 2.05) is 0 Å². The molecule has 1 aromatic carbocycles. The number of hydrogen-bond donors (Lipinski definition) is 1. The van der Waals surface area contributed by atoms with Crippen LogP contribution in [0.4, 0.5) is 0 Å². The maximum Gasteiger partial charge on any atom is 0.309 e. The van der Waals surface area contributed by atoms with Gasteiger partial charge in [-0.1, -0.05) is 23.2 Å². The Hall–Kier alpha value is -1.56. The summed E-state index contributed by atoms with van der Waals surface area (Å²) in [5.41, 5.74) is 2.17. The number of carboxylic acid groups (broad SMARTS) is 1. The average Bonchev–Trinajstić information content (AvgIpc) is 2.91. The van der Waals surface area contributed by atoms with Crippen molar-refractivity contribution in [1.82, 2.24) is 9.38 Å². The van der Waals surface area contributed by atoms with Crippen LogP contribution in [-0.2, 0) is 11.2 Å². The van der Waals surface area contributed by atoms with E-state index in [1.165, 1.54) is 11.3 Å². The van der Waals surface area contributed by atoms with Crippen molar-refractivity contribution in [2.45, 2.75) is 6.42 Å². The standard InChI is InChI=1S/C13H8Cl2N2O2S/c14-7-1-2-9(10(15)3-7)11-5-17-8(4-12(18)19)6-20-13(17)16-11/h1-3,5-6H,4H2,(H,18,19). The first-order valence-corrected chi connectivity index (χ1v) is 7.31. The summed E-state index contributed by atoms with van der Waals surface area (Å²) in [6.07, 6.45) is 1.75. The van der Waals surface area contributed by atoms with Crippen molar-refractivity contribution < 1.29 is 9.90 Å². The number of benzene rings is 1. The number of nitrogens with zero attached hydrogens (tertiary/aromatic N) is 2. The van der Waals surface area contributed by atoms with Crippen LogP contribution in [0.5, 0.6) is 0 Å². The molecule has 0 atom stereocenters. The van der Waals surface area contributed by atoms with Crippen molar-refractivity contribution in [1.29, 1.82) is 0 Å². The minimum Gasteiger partial charge on any atom is -0.481 e. The van der Waals surface area contributed by atoms with Crippen molar-refractivity contribution in [3.8, 4) is 11.3 Å². The molecule has 0 aliphatic rings. The van der Waals surface area contributed by atoms with Crippen LogP contribution in [0.2, 0.25) is 10.0 Å². The molecule has 0 aliphatic heterocycles. The van der Waals surface area contributed by atoms with Crippen LogP contribution in [0.3, 0.4) is 0 Å². The normalized spacial score (nSPS) is 11.1. The van der Waals surface area contributed by atoms with E-state index in [1.54, 1.807) is 34.2 Å². The Balaban J connectivity index is 2.09. The molecule has 0 amide bonds. The number of imidazole rings is 1. The van der Waals surface area contributed by atoms with Gasteiger partial charge in [-0.25, -0.2) is 4.98 Å². The second kappa shape index (κ2) is 5.09. The fraction of sp³-hybridized carbons (Fsp3) is 0.0769. The van der Waals surface area contributed by atoms with E-state index in [2.05, 4.69) is 4.98 Å². The third kappa shape index (κ3) is 2.40. The first kappa shape index (κ1) is 13.4. The molecule has 0 saturated heterocycles. The van der Waals surface area contributed by atoms with Crippen LogP contribution in [-0.4, -0.2) is 20.5 Å². The highest BCUT2D eigenvalue weighted by atomic mass is 35.5. The van der Waals surface area contributed by atoms with E-state index in [0.717, 1.165) is 10.5 Å². The monoisotopic (exact) mass is 326 g/mol. The predicted octanol–water partition coefficient (Wildman–Crippen LogP) is 4.00. The third-order valence-electron chi connectivity index (χ3n) is 2.82. The van der Waals surface area contributed by atoms with Crippen LogP contribution in [0, 0.1) is 0 Å². The van der Waals surface area contributed by atoms with Crippen LogP contribution in [0.1, 0.15) is 5.69 Å². The number of aromatic nitrogens is 2. The average molecular weight is 327 g/mol. The van der Waals surface area contributed by atoms with Gasteiger partial charge in [-0.05, 0) is 18.2 Å². The second-order valence-electron chi connectivity index (χ2n) is 4.20. The van der Waals surface area contributed by atoms with Gasteiger partial charge in [0.25, 0.3) is 0 Å². The predicted molar refractivity (Wildman–Crippen MR) is 79.9 cm³/mol. The number of aliphatic carboxylic acids is 1. The number of carbonyl (C=O) groups is 1. The summed E-state index contributed by atoms with van der Waals surface area (Å²) in [5, 5.41) is 11.8. The van der Waals surface area contributed by atoms with Gasteiger partial charge in [-0.2, -0.15) is 0 Å². The van der Waals surface area contributed by atoms with E-state index < -0.39 is 5.97 Å². The SMILES string of the molecule is O=C(O)Cc1csc2nc(-c3ccc(Cl)cc3Cl)cn12. The smallest absolute Gasteiger partial charge is 0.309 e. The van der Waals surface area contributed by atoms with Crippen LogP contribution < -0.4 is 0 Å². The molecule has 0 aliphatic carbocycles. The molecule has 1 N–H and O–H groups in total. The van der Waals surface area contributed by atoms with Crippen molar-refractivity contribution in [3.63, 3.8) is 0 Å². The molecule has 0 unspecified atom stereocenters. The van der Waals surface area contributed by atoms with E-state index >= 15 is 0 Å². The summed E-state index contributed by atoms with van der Waals surface area (Å²) in [4.78, 5) is 16.0. The van der Waals surface area contributed by atoms with Gasteiger partial charge in [0.1, 0.15) is 0 Å². The molecule has 4 nitrogen and oxygen atoms in total. The summed E-state index contributed by atoms with van der Waals surface area (Å²) < 4.78 is 1.78. The van der Waals surface area contributed by atoms with E-state index in [4.69, 9.17) is 28.3 Å². The Morgan fingerprint density at radius 3 is 2.90 bits per heavy atom. The zero-order valence-corrected chi connectivity index (χ0v) is 12.3. The fourth-order valence-corrected chi connectivity index (χ4v) is 3.32. The van der Waals surface area contributed by atoms with Crippen LogP contribution in [0.25, 0.3) is 16.2 Å². The summed E-state index contributed by atoms with van der Waals surface area (Å²) in [7, 11) is 0. The highest BCUT2D eigenvalue weighted by Crippen LogP contribution is 2.31. The maximum absolute atomic E-state index is 10.8. The Labute approximate surface area is 128 Å². The molecule has 2 aromatic heterocycles. The third-order valence-corrected chi connectivity index (χ3v) is 4.26. The van der Waals surface area contributed by atoms with E-state index in [9.17, 15) is 4.79 Å². The fourth-order valence-electron chi connectivity index (χ4n) is 1.94. The van der Waals surface area contributed by atoms with Crippen molar-refractivity contribution in [2.75, 3.05) is 0 Å². The number of halogens is 2. The molecule has 0 saturated carbocycles. The quantitative estimate of drug-likeness (QED) is 0.791. The molecular weight excluding hydrogens is 319 g/mol. The van der Waals surface area contributed by atoms with Crippen LogP contribution >= 0.6 is 34.5 Å². The molecule has 20 heavy (non-hydrogen) atoms. The Kier molecular flexibility index (Phi) is 3.41. The molecule has 0 spiro atoms. The summed E-state index contributed by atoms with van der Waals surface area (Å²) in [5.74, 6) is -0.871. The van der Waals surface area contributed by atoms with Gasteiger partial charge >= 0.3 is 5.97 Å². The first-order valence-electron chi connectivity index (χ1n) is 5.67. The number of thiazole rings is 1. The zero-order valence-electron chi connectivity index (χ0n) is 10.0. The molecule has 0 radical (unpaired) electrons. The van der Waals surface area contributed by atoms with Gasteiger partial charge < -0.3 is 5.11 Å². The van der Waals surface area contributed by atoms with E-state index in [-0.39, 0.29) is 6.42 Å². The first-order chi connectivity index (χ1) is 9.54. The summed E-state index contributed by atoms with van der Waals surface area (Å²) >= 11 is 13.4. The maximum atomic E-state index is 10.8. The minimum atomic E-state index is -0.871. The highest BCUT2D eigenvalue weighted by molar-refractivity contribution is 7.15.